The Labute approximate surface area is 308 Å². The van der Waals surface area contributed by atoms with Crippen LogP contribution in [0.5, 0.6) is 0 Å². The van der Waals surface area contributed by atoms with Crippen LogP contribution in [0, 0.1) is 6.92 Å². The largest absolute Gasteiger partial charge is 0.455 e. The SMILES string of the molecule is Cc1cccc2c(-c3ccc(N(c4ccc(-c5cccc6ccccc56)cc4)c4ccc5c(c4)oc4c(-c6ccccc6)cccc45)cc3)cccc12. The second-order valence-electron chi connectivity index (χ2n) is 13.8. The van der Waals surface area contributed by atoms with Crippen LogP contribution >= 0.6 is 0 Å². The van der Waals surface area contributed by atoms with Gasteiger partial charge in [-0.25, -0.2) is 0 Å². The maximum Gasteiger partial charge on any atom is 0.143 e. The Kier molecular flexibility index (Phi) is 7.40. The number of anilines is 3. The molecule has 0 N–H and O–H groups in total. The van der Waals surface area contributed by atoms with Gasteiger partial charge in [0, 0.05) is 39.5 Å². The molecule has 0 saturated heterocycles. The molecule has 9 aromatic carbocycles. The molecule has 0 aliphatic heterocycles. The molecule has 0 radical (unpaired) electrons. The summed E-state index contributed by atoms with van der Waals surface area (Å²) in [7, 11) is 0. The summed E-state index contributed by atoms with van der Waals surface area (Å²) in [4.78, 5) is 2.33. The van der Waals surface area contributed by atoms with Crippen LogP contribution in [0.1, 0.15) is 5.56 Å². The van der Waals surface area contributed by atoms with Crippen LogP contribution in [-0.2, 0) is 0 Å². The Morgan fingerprint density at radius 1 is 0.358 bits per heavy atom. The fourth-order valence-corrected chi connectivity index (χ4v) is 7.99. The van der Waals surface area contributed by atoms with Crippen LogP contribution in [0.4, 0.5) is 17.1 Å². The number of nitrogens with zero attached hydrogens (tertiary/aromatic N) is 1. The first-order valence-electron chi connectivity index (χ1n) is 18.2. The number of furan rings is 1. The highest BCUT2D eigenvalue weighted by molar-refractivity contribution is 6.10. The third-order valence-corrected chi connectivity index (χ3v) is 10.6. The molecule has 2 nitrogen and oxygen atoms in total. The Morgan fingerprint density at radius 2 is 0.887 bits per heavy atom. The highest BCUT2D eigenvalue weighted by atomic mass is 16.3. The van der Waals surface area contributed by atoms with Gasteiger partial charge in [0.2, 0.25) is 0 Å². The van der Waals surface area contributed by atoms with Crippen LogP contribution in [0.15, 0.2) is 199 Å². The first kappa shape index (κ1) is 30.9. The first-order chi connectivity index (χ1) is 26.2. The van der Waals surface area contributed by atoms with Crippen molar-refractivity contribution in [3.05, 3.63) is 200 Å². The smallest absolute Gasteiger partial charge is 0.143 e. The molecule has 0 aliphatic carbocycles. The van der Waals surface area contributed by atoms with Crippen molar-refractivity contribution >= 4 is 60.5 Å². The summed E-state index contributed by atoms with van der Waals surface area (Å²) in [5.41, 5.74) is 13.3. The van der Waals surface area contributed by atoms with E-state index in [9.17, 15) is 0 Å². The summed E-state index contributed by atoms with van der Waals surface area (Å²) >= 11 is 0. The van der Waals surface area contributed by atoms with Crippen molar-refractivity contribution in [2.24, 2.45) is 0 Å². The van der Waals surface area contributed by atoms with Gasteiger partial charge in [-0.1, -0.05) is 152 Å². The quantitative estimate of drug-likeness (QED) is 0.174. The van der Waals surface area contributed by atoms with Gasteiger partial charge < -0.3 is 9.32 Å². The van der Waals surface area contributed by atoms with Crippen LogP contribution in [0.25, 0.3) is 76.9 Å². The Hall–Kier alpha value is -6.90. The van der Waals surface area contributed by atoms with Gasteiger partial charge in [-0.2, -0.15) is 0 Å². The molecule has 0 spiro atoms. The third-order valence-electron chi connectivity index (χ3n) is 10.6. The van der Waals surface area contributed by atoms with Gasteiger partial charge in [-0.05, 0) is 98.2 Å². The monoisotopic (exact) mass is 677 g/mol. The number of rotatable bonds is 6. The van der Waals surface area contributed by atoms with E-state index in [4.69, 9.17) is 4.42 Å². The van der Waals surface area contributed by atoms with Gasteiger partial charge in [0.1, 0.15) is 11.2 Å². The lowest BCUT2D eigenvalue weighted by atomic mass is 9.96. The summed E-state index contributed by atoms with van der Waals surface area (Å²) in [6, 6.07) is 69.7. The number of hydrogen-bond donors (Lipinski definition) is 0. The van der Waals surface area contributed by atoms with Gasteiger partial charge in [-0.3, -0.25) is 0 Å². The van der Waals surface area contributed by atoms with E-state index in [1.807, 2.05) is 6.07 Å². The molecule has 0 unspecified atom stereocenters. The molecule has 0 aliphatic rings. The van der Waals surface area contributed by atoms with Crippen LogP contribution in [-0.4, -0.2) is 0 Å². The molecule has 0 amide bonds. The van der Waals surface area contributed by atoms with E-state index in [1.165, 1.54) is 49.4 Å². The van der Waals surface area contributed by atoms with Crippen LogP contribution < -0.4 is 4.90 Å². The minimum atomic E-state index is 0.862. The second-order valence-corrected chi connectivity index (χ2v) is 13.8. The van der Waals surface area contributed by atoms with Crippen molar-refractivity contribution in [1.29, 1.82) is 0 Å². The summed E-state index contributed by atoms with van der Waals surface area (Å²) < 4.78 is 6.72. The summed E-state index contributed by atoms with van der Waals surface area (Å²) in [5.74, 6) is 0. The van der Waals surface area contributed by atoms with Crippen molar-refractivity contribution in [3.63, 3.8) is 0 Å². The van der Waals surface area contributed by atoms with Crippen molar-refractivity contribution in [2.45, 2.75) is 6.92 Å². The maximum absolute atomic E-state index is 6.72. The molecule has 1 heterocycles. The summed E-state index contributed by atoms with van der Waals surface area (Å²) in [6.07, 6.45) is 0. The van der Waals surface area contributed by atoms with Gasteiger partial charge in [-0.15, -0.1) is 0 Å². The van der Waals surface area contributed by atoms with Gasteiger partial charge in [0.15, 0.2) is 0 Å². The fourth-order valence-electron chi connectivity index (χ4n) is 7.99. The van der Waals surface area contributed by atoms with Crippen molar-refractivity contribution < 1.29 is 4.42 Å². The van der Waals surface area contributed by atoms with Crippen molar-refractivity contribution in [2.75, 3.05) is 4.90 Å². The summed E-state index contributed by atoms with van der Waals surface area (Å²) in [5, 5.41) is 7.28. The third kappa shape index (κ3) is 5.35. The standard InChI is InChI=1S/C51H35NO/c1-34-11-7-21-47-42(34)17-9-19-45(47)38-25-29-40(30-26-38)52(39-27-23-37(24-28-39)44-18-8-15-35-14-5-6-16-43(35)44)41-31-32-48-49-22-10-20-46(36-12-3-2-4-13-36)51(49)53-50(48)33-41/h2-33H,1H3. The lowest BCUT2D eigenvalue weighted by Gasteiger charge is -2.26. The van der Waals surface area contributed by atoms with E-state index in [0.29, 0.717) is 0 Å². The molecule has 2 heteroatoms. The van der Waals surface area contributed by atoms with E-state index in [0.717, 1.165) is 50.1 Å². The zero-order valence-electron chi connectivity index (χ0n) is 29.3. The van der Waals surface area contributed by atoms with Crippen molar-refractivity contribution in [3.8, 4) is 33.4 Å². The van der Waals surface area contributed by atoms with Gasteiger partial charge in [0.25, 0.3) is 0 Å². The molecule has 1 aromatic heterocycles. The van der Waals surface area contributed by atoms with E-state index in [-0.39, 0.29) is 0 Å². The lowest BCUT2D eigenvalue weighted by Crippen LogP contribution is -2.09. The van der Waals surface area contributed by atoms with E-state index < -0.39 is 0 Å². The van der Waals surface area contributed by atoms with Crippen LogP contribution in [0.3, 0.4) is 0 Å². The Morgan fingerprint density at radius 3 is 1.64 bits per heavy atom. The molecular weight excluding hydrogens is 643 g/mol. The van der Waals surface area contributed by atoms with E-state index in [1.54, 1.807) is 0 Å². The zero-order chi connectivity index (χ0) is 35.3. The highest BCUT2D eigenvalue weighted by Crippen LogP contribution is 2.42. The zero-order valence-corrected chi connectivity index (χ0v) is 29.3. The average molecular weight is 678 g/mol. The minimum Gasteiger partial charge on any atom is -0.455 e. The van der Waals surface area contributed by atoms with Crippen molar-refractivity contribution in [1.82, 2.24) is 0 Å². The molecule has 10 aromatic rings. The number of benzene rings is 9. The molecule has 0 atom stereocenters. The minimum absolute atomic E-state index is 0.862. The van der Waals surface area contributed by atoms with Gasteiger partial charge in [0.05, 0.1) is 0 Å². The number of para-hydroxylation sites is 1. The molecule has 10 rings (SSSR count). The predicted molar refractivity (Wildman–Crippen MR) is 224 cm³/mol. The fraction of sp³-hybridized carbons (Fsp3) is 0.0196. The number of fused-ring (bicyclic) bond motifs is 5. The lowest BCUT2D eigenvalue weighted by molar-refractivity contribution is 0.670. The summed E-state index contributed by atoms with van der Waals surface area (Å²) in [6.45, 7) is 2.18. The van der Waals surface area contributed by atoms with E-state index >= 15 is 0 Å². The normalized spacial score (nSPS) is 11.5. The number of aryl methyl sites for hydroxylation is 1. The molecule has 53 heavy (non-hydrogen) atoms. The Bertz CT molecular complexity index is 2930. The van der Waals surface area contributed by atoms with Crippen LogP contribution in [0.2, 0.25) is 0 Å². The second kappa shape index (κ2) is 12.7. The van der Waals surface area contributed by atoms with E-state index in [2.05, 4.69) is 200 Å². The first-order valence-corrected chi connectivity index (χ1v) is 18.2. The molecule has 250 valence electrons. The highest BCUT2D eigenvalue weighted by Gasteiger charge is 2.18. The topological polar surface area (TPSA) is 16.4 Å². The van der Waals surface area contributed by atoms with Gasteiger partial charge >= 0.3 is 0 Å². The number of hydrogen-bond acceptors (Lipinski definition) is 2. The molecular formula is C51H35NO. The average Bonchev–Trinajstić information content (AvgIpc) is 3.60. The maximum atomic E-state index is 6.72. The molecule has 0 bridgehead atoms. The molecule has 0 saturated carbocycles. The molecule has 0 fully saturated rings. The Balaban J connectivity index is 1.10. The predicted octanol–water partition coefficient (Wildman–Crippen LogP) is 14.7.